The molecule has 0 fully saturated rings. The second-order valence-electron chi connectivity index (χ2n) is 4.62. The van der Waals surface area contributed by atoms with E-state index in [9.17, 15) is 18.0 Å². The number of carbonyl (C=O) groups is 1. The molecule has 0 N–H and O–H groups in total. The van der Waals surface area contributed by atoms with Gasteiger partial charge in [-0.25, -0.2) is 0 Å². The molecule has 1 unspecified atom stereocenters. The van der Waals surface area contributed by atoms with Crippen LogP contribution in [0.25, 0.3) is 0 Å². The molecule has 1 aliphatic carbocycles. The minimum Gasteiger partial charge on any atom is -0.300 e. The van der Waals surface area contributed by atoms with Gasteiger partial charge in [0, 0.05) is 5.92 Å². The maximum Gasteiger partial charge on any atom is 0.416 e. The summed E-state index contributed by atoms with van der Waals surface area (Å²) in [6.07, 6.45) is -3.72. The highest BCUT2D eigenvalue weighted by Crippen LogP contribution is 2.43. The summed E-state index contributed by atoms with van der Waals surface area (Å²) in [6, 6.07) is 3.79. The van der Waals surface area contributed by atoms with E-state index in [2.05, 4.69) is 0 Å². The standard InChI is InChI=1S/C13H13F3O/c1-7(8(2)17)12-6-9-5-10(13(14,15)16)3-4-11(9)12/h3-5,7,12H,6H2,1-2H3/t7?,12-/m0/s1. The maximum atomic E-state index is 12.5. The van der Waals surface area contributed by atoms with Crippen molar-refractivity contribution in [2.75, 3.05) is 0 Å². The van der Waals surface area contributed by atoms with Crippen molar-refractivity contribution < 1.29 is 18.0 Å². The Morgan fingerprint density at radius 1 is 1.41 bits per heavy atom. The van der Waals surface area contributed by atoms with Crippen LogP contribution in [-0.4, -0.2) is 5.78 Å². The van der Waals surface area contributed by atoms with Crippen molar-refractivity contribution in [3.8, 4) is 0 Å². The van der Waals surface area contributed by atoms with E-state index in [0.717, 1.165) is 17.2 Å². The summed E-state index contributed by atoms with van der Waals surface area (Å²) in [6.45, 7) is 3.35. The molecule has 4 heteroatoms. The third kappa shape index (κ3) is 2.08. The number of halogens is 3. The summed E-state index contributed by atoms with van der Waals surface area (Å²) in [7, 11) is 0. The third-order valence-electron chi connectivity index (χ3n) is 3.55. The molecule has 0 aromatic heterocycles. The highest BCUT2D eigenvalue weighted by molar-refractivity contribution is 5.79. The fourth-order valence-corrected chi connectivity index (χ4v) is 2.27. The van der Waals surface area contributed by atoms with E-state index in [1.807, 2.05) is 6.92 Å². The number of hydrogen-bond donors (Lipinski definition) is 0. The molecule has 1 aromatic carbocycles. The molecule has 0 saturated heterocycles. The van der Waals surface area contributed by atoms with E-state index in [1.165, 1.54) is 19.1 Å². The highest BCUT2D eigenvalue weighted by atomic mass is 19.4. The summed E-state index contributed by atoms with van der Waals surface area (Å²) >= 11 is 0. The predicted molar refractivity (Wildman–Crippen MR) is 57.7 cm³/mol. The minimum absolute atomic E-state index is 0.0838. The number of carbonyl (C=O) groups excluding carboxylic acids is 1. The summed E-state index contributed by atoms with van der Waals surface area (Å²) in [5.41, 5.74) is 1.00. The first-order valence-corrected chi connectivity index (χ1v) is 5.51. The molecular weight excluding hydrogens is 229 g/mol. The van der Waals surface area contributed by atoms with Gasteiger partial charge in [0.2, 0.25) is 0 Å². The van der Waals surface area contributed by atoms with E-state index in [-0.39, 0.29) is 17.6 Å². The van der Waals surface area contributed by atoms with Crippen LogP contribution < -0.4 is 0 Å². The van der Waals surface area contributed by atoms with Crippen LogP contribution in [0.3, 0.4) is 0 Å². The largest absolute Gasteiger partial charge is 0.416 e. The SMILES string of the molecule is CC(=O)C(C)[C@@H]1Cc2cc(C(F)(F)F)ccc21. The van der Waals surface area contributed by atoms with Crippen LogP contribution in [0.15, 0.2) is 18.2 Å². The lowest BCUT2D eigenvalue weighted by molar-refractivity contribution is -0.137. The van der Waals surface area contributed by atoms with Gasteiger partial charge in [-0.1, -0.05) is 13.0 Å². The minimum atomic E-state index is -4.29. The van der Waals surface area contributed by atoms with Crippen LogP contribution in [0.5, 0.6) is 0 Å². The van der Waals surface area contributed by atoms with Crippen molar-refractivity contribution in [2.45, 2.75) is 32.4 Å². The number of ketones is 1. The molecule has 1 aromatic rings. The molecule has 0 aliphatic heterocycles. The Morgan fingerprint density at radius 3 is 2.53 bits per heavy atom. The average molecular weight is 242 g/mol. The Hall–Kier alpha value is -1.32. The van der Waals surface area contributed by atoms with E-state index in [1.54, 1.807) is 0 Å². The molecule has 1 nitrogen and oxygen atoms in total. The first-order chi connectivity index (χ1) is 7.80. The van der Waals surface area contributed by atoms with Gasteiger partial charge in [0.1, 0.15) is 5.78 Å². The van der Waals surface area contributed by atoms with Crippen molar-refractivity contribution in [3.63, 3.8) is 0 Å². The first kappa shape index (κ1) is 12.1. The Morgan fingerprint density at radius 2 is 2.06 bits per heavy atom. The molecular formula is C13H13F3O. The zero-order valence-electron chi connectivity index (χ0n) is 9.64. The summed E-state index contributed by atoms with van der Waals surface area (Å²) in [4.78, 5) is 11.2. The van der Waals surface area contributed by atoms with E-state index in [4.69, 9.17) is 0 Å². The van der Waals surface area contributed by atoms with Crippen molar-refractivity contribution in [1.29, 1.82) is 0 Å². The number of alkyl halides is 3. The van der Waals surface area contributed by atoms with Crippen molar-refractivity contribution in [3.05, 3.63) is 34.9 Å². The Kier molecular flexibility index (Phi) is 2.76. The van der Waals surface area contributed by atoms with Crippen LogP contribution in [-0.2, 0) is 17.4 Å². The molecule has 2 atom stereocenters. The molecule has 92 valence electrons. The van der Waals surface area contributed by atoms with Crippen LogP contribution >= 0.6 is 0 Å². The Bertz CT molecular complexity index is 462. The van der Waals surface area contributed by atoms with Crippen molar-refractivity contribution in [2.24, 2.45) is 5.92 Å². The summed E-state index contributed by atoms with van der Waals surface area (Å²) in [5.74, 6) is 0.0598. The fraction of sp³-hybridized carbons (Fsp3) is 0.462. The number of fused-ring (bicyclic) bond motifs is 1. The molecule has 17 heavy (non-hydrogen) atoms. The summed E-state index contributed by atoms with van der Waals surface area (Å²) in [5, 5.41) is 0. The Balaban J connectivity index is 2.25. The molecule has 0 saturated carbocycles. The number of hydrogen-bond acceptors (Lipinski definition) is 1. The van der Waals surface area contributed by atoms with Gasteiger partial charge >= 0.3 is 6.18 Å². The average Bonchev–Trinajstić information content (AvgIpc) is 2.17. The lowest BCUT2D eigenvalue weighted by Gasteiger charge is -2.34. The van der Waals surface area contributed by atoms with Gasteiger partial charge in [-0.2, -0.15) is 13.2 Å². The zero-order chi connectivity index (χ0) is 12.8. The topological polar surface area (TPSA) is 17.1 Å². The van der Waals surface area contributed by atoms with Gasteiger partial charge in [-0.3, -0.25) is 4.79 Å². The van der Waals surface area contributed by atoms with Crippen LogP contribution in [0.1, 0.15) is 36.5 Å². The van der Waals surface area contributed by atoms with E-state index >= 15 is 0 Å². The second kappa shape index (κ2) is 3.86. The molecule has 0 amide bonds. The van der Waals surface area contributed by atoms with Crippen LogP contribution in [0, 0.1) is 5.92 Å². The van der Waals surface area contributed by atoms with Crippen LogP contribution in [0.4, 0.5) is 13.2 Å². The van der Waals surface area contributed by atoms with Gasteiger partial charge in [0.25, 0.3) is 0 Å². The maximum absolute atomic E-state index is 12.5. The lowest BCUT2D eigenvalue weighted by atomic mass is 9.69. The monoisotopic (exact) mass is 242 g/mol. The first-order valence-electron chi connectivity index (χ1n) is 5.51. The smallest absolute Gasteiger partial charge is 0.300 e. The fourth-order valence-electron chi connectivity index (χ4n) is 2.27. The lowest BCUT2D eigenvalue weighted by Crippen LogP contribution is -2.28. The number of rotatable bonds is 2. The van der Waals surface area contributed by atoms with E-state index < -0.39 is 11.7 Å². The molecule has 0 radical (unpaired) electrons. The molecule has 1 aliphatic rings. The predicted octanol–water partition coefficient (Wildman–Crippen LogP) is 3.57. The van der Waals surface area contributed by atoms with Crippen molar-refractivity contribution >= 4 is 5.78 Å². The van der Waals surface area contributed by atoms with Gasteiger partial charge in [-0.15, -0.1) is 0 Å². The third-order valence-corrected chi connectivity index (χ3v) is 3.55. The van der Waals surface area contributed by atoms with E-state index in [0.29, 0.717) is 6.42 Å². The number of benzene rings is 1. The van der Waals surface area contributed by atoms with Crippen molar-refractivity contribution in [1.82, 2.24) is 0 Å². The van der Waals surface area contributed by atoms with Crippen LogP contribution in [0.2, 0.25) is 0 Å². The van der Waals surface area contributed by atoms with Gasteiger partial charge in [0.05, 0.1) is 5.56 Å². The summed E-state index contributed by atoms with van der Waals surface area (Å²) < 4.78 is 37.4. The molecule has 0 bridgehead atoms. The normalized spacial score (nSPS) is 20.4. The second-order valence-corrected chi connectivity index (χ2v) is 4.62. The van der Waals surface area contributed by atoms with Gasteiger partial charge < -0.3 is 0 Å². The van der Waals surface area contributed by atoms with Gasteiger partial charge in [0.15, 0.2) is 0 Å². The molecule has 0 heterocycles. The molecule has 0 spiro atoms. The van der Waals surface area contributed by atoms with Gasteiger partial charge in [-0.05, 0) is 42.5 Å². The Labute approximate surface area is 97.6 Å². The molecule has 2 rings (SSSR count). The quantitative estimate of drug-likeness (QED) is 0.774. The zero-order valence-corrected chi connectivity index (χ0v) is 9.64. The number of Topliss-reactive ketones (excluding diaryl/α,β-unsaturated/α-hetero) is 1. The highest BCUT2D eigenvalue weighted by Gasteiger charge is 2.36.